The van der Waals surface area contributed by atoms with Crippen LogP contribution in [0.3, 0.4) is 0 Å². The number of hydrogen-bond acceptors (Lipinski definition) is 3. The van der Waals surface area contributed by atoms with Crippen molar-refractivity contribution in [3.63, 3.8) is 0 Å². The molecule has 0 saturated carbocycles. The summed E-state index contributed by atoms with van der Waals surface area (Å²) < 4.78 is 13.9. The molecule has 1 amide bonds. The zero-order chi connectivity index (χ0) is 15.8. The molecule has 1 rings (SSSR count). The van der Waals surface area contributed by atoms with Gasteiger partial charge < -0.3 is 15.3 Å². The number of rotatable bonds is 5. The summed E-state index contributed by atoms with van der Waals surface area (Å²) in [5.41, 5.74) is 0.493. The molecule has 0 aliphatic heterocycles. The number of amides is 1. The third-order valence-corrected chi connectivity index (χ3v) is 2.70. The van der Waals surface area contributed by atoms with Gasteiger partial charge in [0.2, 0.25) is 0 Å². The molecule has 0 aliphatic rings. The minimum atomic E-state index is -0.597. The van der Waals surface area contributed by atoms with Gasteiger partial charge in [0.05, 0.1) is 12.2 Å². The molecule has 0 radical (unpaired) electrons. The van der Waals surface area contributed by atoms with Crippen molar-refractivity contribution in [2.75, 3.05) is 27.2 Å². The van der Waals surface area contributed by atoms with Crippen molar-refractivity contribution in [2.45, 2.75) is 19.4 Å². The van der Waals surface area contributed by atoms with Crippen molar-refractivity contribution in [1.29, 1.82) is 0 Å². The highest BCUT2D eigenvalue weighted by Gasteiger charge is 2.14. The van der Waals surface area contributed by atoms with E-state index in [0.29, 0.717) is 18.5 Å². The van der Waals surface area contributed by atoms with Gasteiger partial charge in [-0.15, -0.1) is 0 Å². The fourth-order valence-corrected chi connectivity index (χ4v) is 1.89. The lowest BCUT2D eigenvalue weighted by molar-refractivity contribution is 0.0930. The summed E-state index contributed by atoms with van der Waals surface area (Å²) >= 11 is 0. The van der Waals surface area contributed by atoms with E-state index in [1.807, 2.05) is 25.9 Å². The topological polar surface area (TPSA) is 52.6 Å². The van der Waals surface area contributed by atoms with Gasteiger partial charge in [-0.1, -0.05) is 11.8 Å². The zero-order valence-corrected chi connectivity index (χ0v) is 12.6. The number of carbonyl (C=O) groups excluding carboxylic acids is 1. The maximum Gasteiger partial charge on any atom is 0.254 e. The van der Waals surface area contributed by atoms with Crippen molar-refractivity contribution in [1.82, 2.24) is 10.2 Å². The molecule has 0 spiro atoms. The summed E-state index contributed by atoms with van der Waals surface area (Å²) in [6.45, 7) is 2.52. The summed E-state index contributed by atoms with van der Waals surface area (Å²) in [5.74, 6) is 4.41. The molecule has 5 heteroatoms. The summed E-state index contributed by atoms with van der Waals surface area (Å²) in [4.78, 5) is 13.9. The fourth-order valence-electron chi connectivity index (χ4n) is 1.89. The molecule has 1 aromatic rings. The van der Waals surface area contributed by atoms with Gasteiger partial charge in [-0.2, -0.15) is 0 Å². The minimum Gasteiger partial charge on any atom is -0.395 e. The van der Waals surface area contributed by atoms with Crippen LogP contribution in [0.5, 0.6) is 0 Å². The van der Waals surface area contributed by atoms with E-state index in [-0.39, 0.29) is 18.2 Å². The zero-order valence-electron chi connectivity index (χ0n) is 12.6. The highest BCUT2D eigenvalue weighted by atomic mass is 19.1. The summed E-state index contributed by atoms with van der Waals surface area (Å²) in [5, 5.41) is 11.4. The van der Waals surface area contributed by atoms with Crippen LogP contribution in [-0.2, 0) is 0 Å². The largest absolute Gasteiger partial charge is 0.395 e. The molecular weight excluding hydrogens is 271 g/mol. The van der Waals surface area contributed by atoms with Crippen LogP contribution >= 0.6 is 0 Å². The molecule has 1 aromatic carbocycles. The summed E-state index contributed by atoms with van der Waals surface area (Å²) in [6.07, 6.45) is 0.339. The van der Waals surface area contributed by atoms with Gasteiger partial charge in [-0.3, -0.25) is 4.79 Å². The Morgan fingerprint density at radius 1 is 1.48 bits per heavy atom. The van der Waals surface area contributed by atoms with Crippen molar-refractivity contribution in [3.05, 3.63) is 35.1 Å². The molecule has 21 heavy (non-hydrogen) atoms. The van der Waals surface area contributed by atoms with Crippen molar-refractivity contribution < 1.29 is 14.3 Å². The molecule has 114 valence electrons. The smallest absolute Gasteiger partial charge is 0.254 e. The molecule has 2 N–H and O–H groups in total. The van der Waals surface area contributed by atoms with E-state index in [0.717, 1.165) is 0 Å². The molecule has 0 aliphatic carbocycles. The Hall–Kier alpha value is -1.90. The van der Waals surface area contributed by atoms with Gasteiger partial charge in [0, 0.05) is 24.6 Å². The van der Waals surface area contributed by atoms with Gasteiger partial charge in [0.25, 0.3) is 5.91 Å². The average molecular weight is 292 g/mol. The fraction of sp³-hybridized carbons (Fsp3) is 0.438. The Bertz CT molecular complexity index is 547. The molecule has 1 unspecified atom stereocenters. The second-order valence-electron chi connectivity index (χ2n) is 5.11. The van der Waals surface area contributed by atoms with E-state index in [4.69, 9.17) is 5.11 Å². The van der Waals surface area contributed by atoms with Crippen molar-refractivity contribution in [2.24, 2.45) is 0 Å². The van der Waals surface area contributed by atoms with Gasteiger partial charge in [-0.25, -0.2) is 4.39 Å². The summed E-state index contributed by atoms with van der Waals surface area (Å²) in [6, 6.07) is 4.18. The molecule has 0 aromatic heterocycles. The molecule has 0 heterocycles. The number of halogens is 1. The Kier molecular flexibility index (Phi) is 6.86. The second-order valence-corrected chi connectivity index (χ2v) is 5.11. The standard InChI is InChI=1S/C16H21FN2O2/c1-12(11-19(2)3)18-16(21)14-8-7-13(10-15(14)17)6-4-5-9-20/h7-8,10,12,20H,5,9,11H2,1-3H3,(H,18,21). The lowest BCUT2D eigenvalue weighted by atomic mass is 10.1. The number of hydrogen-bond donors (Lipinski definition) is 2. The number of nitrogens with zero attached hydrogens (tertiary/aromatic N) is 1. The molecule has 0 bridgehead atoms. The minimum absolute atomic E-state index is 0.00770. The van der Waals surface area contributed by atoms with Gasteiger partial charge in [0.1, 0.15) is 5.82 Å². The first kappa shape index (κ1) is 17.2. The Morgan fingerprint density at radius 3 is 2.76 bits per heavy atom. The van der Waals surface area contributed by atoms with E-state index in [1.165, 1.54) is 12.1 Å². The van der Waals surface area contributed by atoms with E-state index in [1.54, 1.807) is 6.07 Å². The number of carbonyl (C=O) groups is 1. The first-order valence-electron chi connectivity index (χ1n) is 6.79. The van der Waals surface area contributed by atoms with Gasteiger partial charge >= 0.3 is 0 Å². The van der Waals surface area contributed by atoms with Crippen LogP contribution in [0.15, 0.2) is 18.2 Å². The Labute approximate surface area is 125 Å². The monoisotopic (exact) mass is 292 g/mol. The highest BCUT2D eigenvalue weighted by molar-refractivity contribution is 5.94. The first-order valence-corrected chi connectivity index (χ1v) is 6.79. The highest BCUT2D eigenvalue weighted by Crippen LogP contribution is 2.10. The molecule has 0 saturated heterocycles. The van der Waals surface area contributed by atoms with Crippen molar-refractivity contribution in [3.8, 4) is 11.8 Å². The quantitative estimate of drug-likeness (QED) is 0.803. The van der Waals surface area contributed by atoms with Crippen LogP contribution < -0.4 is 5.32 Å². The van der Waals surface area contributed by atoms with Crippen LogP contribution in [-0.4, -0.2) is 49.2 Å². The normalized spacial score (nSPS) is 11.7. The molecule has 1 atom stereocenters. The molecule has 4 nitrogen and oxygen atoms in total. The van der Waals surface area contributed by atoms with E-state index < -0.39 is 11.7 Å². The summed E-state index contributed by atoms with van der Waals surface area (Å²) in [7, 11) is 3.81. The Balaban J connectivity index is 2.76. The van der Waals surface area contributed by atoms with Crippen LogP contribution in [0, 0.1) is 17.7 Å². The third-order valence-electron chi connectivity index (χ3n) is 2.70. The predicted molar refractivity (Wildman–Crippen MR) is 80.5 cm³/mol. The third kappa shape index (κ3) is 5.94. The van der Waals surface area contributed by atoms with Crippen LogP contribution in [0.1, 0.15) is 29.3 Å². The molecule has 0 fully saturated rings. The van der Waals surface area contributed by atoms with Crippen LogP contribution in [0.2, 0.25) is 0 Å². The number of likely N-dealkylation sites (N-methyl/N-ethyl adjacent to an activating group) is 1. The van der Waals surface area contributed by atoms with E-state index in [9.17, 15) is 9.18 Å². The lowest BCUT2D eigenvalue weighted by Gasteiger charge is -2.18. The average Bonchev–Trinajstić information content (AvgIpc) is 2.37. The first-order chi connectivity index (χ1) is 9.93. The maximum absolute atomic E-state index is 13.9. The second kappa shape index (κ2) is 8.40. The van der Waals surface area contributed by atoms with E-state index >= 15 is 0 Å². The number of benzene rings is 1. The van der Waals surface area contributed by atoms with E-state index in [2.05, 4.69) is 17.2 Å². The number of aliphatic hydroxyl groups excluding tert-OH is 1. The Morgan fingerprint density at radius 2 is 2.19 bits per heavy atom. The maximum atomic E-state index is 13.9. The van der Waals surface area contributed by atoms with Gasteiger partial charge in [-0.05, 0) is 39.2 Å². The molecular formula is C16H21FN2O2. The lowest BCUT2D eigenvalue weighted by Crippen LogP contribution is -2.39. The predicted octanol–water partition coefficient (Wildman–Crippen LogP) is 1.24. The number of aliphatic hydroxyl groups is 1. The van der Waals surface area contributed by atoms with Crippen molar-refractivity contribution >= 4 is 5.91 Å². The number of nitrogens with one attached hydrogen (secondary N) is 1. The van der Waals surface area contributed by atoms with Gasteiger partial charge in [0.15, 0.2) is 0 Å². The van der Waals surface area contributed by atoms with Crippen LogP contribution in [0.25, 0.3) is 0 Å². The van der Waals surface area contributed by atoms with Crippen LogP contribution in [0.4, 0.5) is 4.39 Å². The SMILES string of the molecule is CC(CN(C)C)NC(=O)c1ccc(C#CCCO)cc1F.